The Labute approximate surface area is 106 Å². The molecule has 0 saturated carbocycles. The van der Waals surface area contributed by atoms with E-state index >= 15 is 0 Å². The highest BCUT2D eigenvalue weighted by Crippen LogP contribution is 2.25. The molecule has 0 radical (unpaired) electrons. The molecular formula is C13H19BrFN. The van der Waals surface area contributed by atoms with Crippen LogP contribution in [0.2, 0.25) is 0 Å². The molecule has 1 aromatic rings. The first-order valence-corrected chi connectivity index (χ1v) is 6.68. The van der Waals surface area contributed by atoms with Gasteiger partial charge in [0.1, 0.15) is 5.82 Å². The van der Waals surface area contributed by atoms with Crippen LogP contribution in [0.1, 0.15) is 39.5 Å². The van der Waals surface area contributed by atoms with Gasteiger partial charge in [0.2, 0.25) is 0 Å². The van der Waals surface area contributed by atoms with Crippen LogP contribution < -0.4 is 5.32 Å². The first kappa shape index (κ1) is 13.5. The lowest BCUT2D eigenvalue weighted by Crippen LogP contribution is -2.19. The van der Waals surface area contributed by atoms with Gasteiger partial charge in [-0.15, -0.1) is 0 Å². The van der Waals surface area contributed by atoms with Gasteiger partial charge in [-0.1, -0.05) is 26.7 Å². The summed E-state index contributed by atoms with van der Waals surface area (Å²) in [6, 6.07) is 5.19. The second-order valence-electron chi connectivity index (χ2n) is 4.04. The first-order valence-electron chi connectivity index (χ1n) is 5.89. The van der Waals surface area contributed by atoms with Crippen LogP contribution in [0.5, 0.6) is 0 Å². The number of hydrogen-bond donors (Lipinski definition) is 1. The molecule has 1 aromatic carbocycles. The SMILES string of the molecule is CCCC(CCC)Nc1cc(F)ccc1Br. The van der Waals surface area contributed by atoms with Gasteiger partial charge in [-0.25, -0.2) is 4.39 Å². The van der Waals surface area contributed by atoms with Crippen molar-refractivity contribution in [2.24, 2.45) is 0 Å². The Bertz CT molecular complexity index is 322. The average Bonchev–Trinajstić information content (AvgIpc) is 2.24. The van der Waals surface area contributed by atoms with E-state index in [1.165, 1.54) is 6.07 Å². The summed E-state index contributed by atoms with van der Waals surface area (Å²) in [7, 11) is 0. The minimum Gasteiger partial charge on any atom is -0.381 e. The minimum absolute atomic E-state index is 0.197. The van der Waals surface area contributed by atoms with Crippen molar-refractivity contribution in [2.75, 3.05) is 5.32 Å². The van der Waals surface area contributed by atoms with Crippen LogP contribution in [0.3, 0.4) is 0 Å². The zero-order valence-electron chi connectivity index (χ0n) is 9.89. The van der Waals surface area contributed by atoms with Crippen LogP contribution in [0.4, 0.5) is 10.1 Å². The summed E-state index contributed by atoms with van der Waals surface area (Å²) in [6.07, 6.45) is 4.53. The summed E-state index contributed by atoms with van der Waals surface area (Å²) in [5.74, 6) is -0.197. The van der Waals surface area contributed by atoms with E-state index in [1.807, 2.05) is 0 Å². The predicted molar refractivity (Wildman–Crippen MR) is 71.3 cm³/mol. The fraction of sp³-hybridized carbons (Fsp3) is 0.538. The van der Waals surface area contributed by atoms with Gasteiger partial charge < -0.3 is 5.32 Å². The molecule has 0 heterocycles. The van der Waals surface area contributed by atoms with E-state index in [9.17, 15) is 4.39 Å². The number of halogens is 2. The molecule has 0 aliphatic heterocycles. The fourth-order valence-electron chi connectivity index (χ4n) is 1.81. The summed E-state index contributed by atoms with van der Waals surface area (Å²) in [5, 5.41) is 3.40. The lowest BCUT2D eigenvalue weighted by molar-refractivity contribution is 0.584. The van der Waals surface area contributed by atoms with Crippen molar-refractivity contribution in [3.05, 3.63) is 28.5 Å². The Morgan fingerprint density at radius 3 is 2.44 bits per heavy atom. The largest absolute Gasteiger partial charge is 0.381 e. The topological polar surface area (TPSA) is 12.0 Å². The van der Waals surface area contributed by atoms with E-state index in [1.54, 1.807) is 12.1 Å². The zero-order valence-corrected chi connectivity index (χ0v) is 11.5. The molecule has 0 bridgehead atoms. The maximum atomic E-state index is 13.1. The maximum Gasteiger partial charge on any atom is 0.125 e. The smallest absolute Gasteiger partial charge is 0.125 e. The van der Waals surface area contributed by atoms with Crippen molar-refractivity contribution in [1.82, 2.24) is 0 Å². The Kier molecular flexibility index (Phi) is 5.81. The third-order valence-corrected chi connectivity index (χ3v) is 3.25. The Morgan fingerprint density at radius 2 is 1.88 bits per heavy atom. The molecule has 1 nitrogen and oxygen atoms in total. The molecule has 1 rings (SSSR count). The Morgan fingerprint density at radius 1 is 1.25 bits per heavy atom. The molecule has 0 aromatic heterocycles. The van der Waals surface area contributed by atoms with Crippen molar-refractivity contribution in [2.45, 2.75) is 45.6 Å². The molecule has 0 unspecified atom stereocenters. The monoisotopic (exact) mass is 287 g/mol. The lowest BCUT2D eigenvalue weighted by Gasteiger charge is -2.19. The predicted octanol–water partition coefficient (Wildman–Crippen LogP) is 4.97. The molecule has 0 saturated heterocycles. The van der Waals surface area contributed by atoms with Crippen LogP contribution in [0.25, 0.3) is 0 Å². The van der Waals surface area contributed by atoms with Crippen molar-refractivity contribution in [3.63, 3.8) is 0 Å². The van der Waals surface area contributed by atoms with Gasteiger partial charge >= 0.3 is 0 Å². The summed E-state index contributed by atoms with van der Waals surface area (Å²) in [4.78, 5) is 0. The molecule has 0 aliphatic rings. The molecule has 0 spiro atoms. The molecule has 0 aliphatic carbocycles. The zero-order chi connectivity index (χ0) is 12.0. The van der Waals surface area contributed by atoms with E-state index in [0.717, 1.165) is 35.8 Å². The second-order valence-corrected chi connectivity index (χ2v) is 4.90. The van der Waals surface area contributed by atoms with E-state index in [0.29, 0.717) is 6.04 Å². The summed E-state index contributed by atoms with van der Waals surface area (Å²) < 4.78 is 14.0. The quantitative estimate of drug-likeness (QED) is 0.779. The van der Waals surface area contributed by atoms with Gasteiger partial charge in [-0.05, 0) is 47.0 Å². The second kappa shape index (κ2) is 6.89. The van der Waals surface area contributed by atoms with Crippen LogP contribution in [0.15, 0.2) is 22.7 Å². The van der Waals surface area contributed by atoms with E-state index in [2.05, 4.69) is 35.1 Å². The van der Waals surface area contributed by atoms with Gasteiger partial charge in [0.05, 0.1) is 5.69 Å². The van der Waals surface area contributed by atoms with Gasteiger partial charge in [0.25, 0.3) is 0 Å². The van der Waals surface area contributed by atoms with Crippen molar-refractivity contribution >= 4 is 21.6 Å². The standard InChI is InChI=1S/C13H19BrFN/c1-3-5-11(6-4-2)16-13-9-10(15)7-8-12(13)14/h7-9,11,16H,3-6H2,1-2H3. The van der Waals surface area contributed by atoms with Crippen molar-refractivity contribution in [3.8, 4) is 0 Å². The normalized spacial score (nSPS) is 10.8. The first-order chi connectivity index (χ1) is 7.67. The summed E-state index contributed by atoms with van der Waals surface area (Å²) in [5.41, 5.74) is 0.854. The van der Waals surface area contributed by atoms with E-state index in [-0.39, 0.29) is 5.82 Å². The number of nitrogens with one attached hydrogen (secondary N) is 1. The number of rotatable bonds is 6. The number of hydrogen-bond acceptors (Lipinski definition) is 1. The molecule has 3 heteroatoms. The number of anilines is 1. The highest BCUT2D eigenvalue weighted by Gasteiger charge is 2.09. The highest BCUT2D eigenvalue weighted by molar-refractivity contribution is 9.10. The summed E-state index contributed by atoms with van der Waals surface area (Å²) in [6.45, 7) is 4.34. The maximum absolute atomic E-state index is 13.1. The van der Waals surface area contributed by atoms with Gasteiger partial charge in [-0.2, -0.15) is 0 Å². The highest BCUT2D eigenvalue weighted by atomic mass is 79.9. The molecule has 0 atom stereocenters. The van der Waals surface area contributed by atoms with Gasteiger partial charge in [0, 0.05) is 10.5 Å². The molecule has 0 fully saturated rings. The van der Waals surface area contributed by atoms with Crippen LogP contribution >= 0.6 is 15.9 Å². The van der Waals surface area contributed by atoms with Crippen LogP contribution in [-0.2, 0) is 0 Å². The van der Waals surface area contributed by atoms with Crippen LogP contribution in [0, 0.1) is 5.82 Å². The van der Waals surface area contributed by atoms with Crippen molar-refractivity contribution in [1.29, 1.82) is 0 Å². The van der Waals surface area contributed by atoms with Crippen molar-refractivity contribution < 1.29 is 4.39 Å². The van der Waals surface area contributed by atoms with Crippen LogP contribution in [-0.4, -0.2) is 6.04 Å². The van der Waals surface area contributed by atoms with E-state index < -0.39 is 0 Å². The fourth-order valence-corrected chi connectivity index (χ4v) is 2.17. The van der Waals surface area contributed by atoms with E-state index in [4.69, 9.17) is 0 Å². The summed E-state index contributed by atoms with van der Waals surface area (Å²) >= 11 is 3.43. The lowest BCUT2D eigenvalue weighted by atomic mass is 10.1. The van der Waals surface area contributed by atoms with Gasteiger partial charge in [0.15, 0.2) is 0 Å². The molecule has 16 heavy (non-hydrogen) atoms. The Hall–Kier alpha value is -0.570. The number of benzene rings is 1. The minimum atomic E-state index is -0.197. The average molecular weight is 288 g/mol. The third kappa shape index (κ3) is 4.12. The van der Waals surface area contributed by atoms with Gasteiger partial charge in [-0.3, -0.25) is 0 Å². The molecular weight excluding hydrogens is 269 g/mol. The molecule has 1 N–H and O–H groups in total. The Balaban J connectivity index is 2.71. The molecule has 0 amide bonds. The molecule has 90 valence electrons. The third-order valence-electron chi connectivity index (χ3n) is 2.56.